The summed E-state index contributed by atoms with van der Waals surface area (Å²) in [6.45, 7) is 4.58. The third kappa shape index (κ3) is 10.9. The van der Waals surface area contributed by atoms with Gasteiger partial charge in [0.15, 0.2) is 0 Å². The summed E-state index contributed by atoms with van der Waals surface area (Å²) in [5, 5.41) is 0. The Morgan fingerprint density at radius 3 is 1.58 bits per heavy atom. The van der Waals surface area contributed by atoms with E-state index in [9.17, 15) is 0 Å². The van der Waals surface area contributed by atoms with Gasteiger partial charge in [0.2, 0.25) is 0 Å². The maximum atomic E-state index is 3.29. The van der Waals surface area contributed by atoms with Gasteiger partial charge in [0.05, 0.1) is 0 Å². The predicted octanol–water partition coefficient (Wildman–Crippen LogP) is 8.07. The Hall–Kier alpha value is -0.780. The second kappa shape index (κ2) is 15.7. The van der Waals surface area contributed by atoms with Gasteiger partial charge in [-0.3, -0.25) is 0 Å². The average molecular weight is 330 g/mol. The average Bonchev–Trinajstić information content (AvgIpc) is 2.61. The molecule has 137 valence electrons. The highest BCUT2D eigenvalue weighted by molar-refractivity contribution is 5.26. The Labute approximate surface area is 152 Å². The van der Waals surface area contributed by atoms with Gasteiger partial charge in [-0.2, -0.15) is 0 Å². The molecule has 0 saturated carbocycles. The summed E-state index contributed by atoms with van der Waals surface area (Å²) in [6, 6.07) is 9.95. The van der Waals surface area contributed by atoms with E-state index in [1.807, 2.05) is 0 Å². The zero-order chi connectivity index (χ0) is 17.3. The van der Waals surface area contributed by atoms with Gasteiger partial charge in [0.1, 0.15) is 0 Å². The van der Waals surface area contributed by atoms with Crippen LogP contribution in [-0.4, -0.2) is 0 Å². The first-order valence-electron chi connectivity index (χ1n) is 10.9. The fourth-order valence-corrected chi connectivity index (χ4v) is 3.52. The van der Waals surface area contributed by atoms with Crippen LogP contribution < -0.4 is 0 Å². The topological polar surface area (TPSA) is 0 Å². The summed E-state index contributed by atoms with van der Waals surface area (Å²) in [6.07, 6.45) is 22.1. The van der Waals surface area contributed by atoms with Crippen LogP contribution in [-0.2, 0) is 12.8 Å². The zero-order valence-corrected chi connectivity index (χ0v) is 16.5. The first-order chi connectivity index (χ1) is 11.9. The Morgan fingerprint density at radius 1 is 0.583 bits per heavy atom. The number of unbranched alkanes of at least 4 members (excludes halogenated alkanes) is 12. The van der Waals surface area contributed by atoms with Gasteiger partial charge >= 0.3 is 0 Å². The summed E-state index contributed by atoms with van der Waals surface area (Å²) in [7, 11) is 0. The van der Waals surface area contributed by atoms with E-state index in [1.165, 1.54) is 103 Å². The molecule has 0 nitrogen and oxygen atoms in total. The van der Waals surface area contributed by atoms with Crippen molar-refractivity contribution in [3.63, 3.8) is 0 Å². The van der Waals surface area contributed by atoms with Crippen LogP contribution in [0.25, 0.3) is 0 Å². The van der Waals surface area contributed by atoms with Gasteiger partial charge in [-0.15, -0.1) is 0 Å². The van der Waals surface area contributed by atoms with E-state index in [2.05, 4.69) is 38.1 Å². The van der Waals surface area contributed by atoms with Crippen LogP contribution >= 0.6 is 0 Å². The zero-order valence-electron chi connectivity index (χ0n) is 16.5. The van der Waals surface area contributed by atoms with E-state index in [0.717, 1.165) is 0 Å². The number of hydrogen-bond acceptors (Lipinski definition) is 0. The molecule has 0 fully saturated rings. The summed E-state index contributed by atoms with van der Waals surface area (Å²) in [4.78, 5) is 0. The highest BCUT2D eigenvalue weighted by Crippen LogP contribution is 2.17. The molecule has 0 spiro atoms. The first kappa shape index (κ1) is 21.3. The van der Waals surface area contributed by atoms with Crippen LogP contribution in [0.5, 0.6) is 0 Å². The maximum Gasteiger partial charge on any atom is -0.0181 e. The molecule has 0 bridgehead atoms. The molecule has 0 heterocycles. The molecular formula is C24H41. The molecule has 0 unspecified atom stereocenters. The van der Waals surface area contributed by atoms with E-state index in [4.69, 9.17) is 0 Å². The van der Waals surface area contributed by atoms with Gasteiger partial charge in [0.25, 0.3) is 0 Å². The van der Waals surface area contributed by atoms with Crippen molar-refractivity contribution < 1.29 is 0 Å². The van der Waals surface area contributed by atoms with Crippen molar-refractivity contribution in [1.29, 1.82) is 0 Å². The molecule has 24 heavy (non-hydrogen) atoms. The minimum atomic E-state index is 1.26. The fraction of sp³-hybridized carbons (Fsp3) is 0.750. The minimum absolute atomic E-state index is 1.26. The van der Waals surface area contributed by atoms with Crippen molar-refractivity contribution in [1.82, 2.24) is 0 Å². The highest BCUT2D eigenvalue weighted by atomic mass is 14.1. The summed E-state index contributed by atoms with van der Waals surface area (Å²) < 4.78 is 0. The molecule has 0 amide bonds. The third-order valence-electron chi connectivity index (χ3n) is 5.15. The van der Waals surface area contributed by atoms with Crippen LogP contribution in [0.2, 0.25) is 0 Å². The van der Waals surface area contributed by atoms with Crippen molar-refractivity contribution in [2.75, 3.05) is 0 Å². The standard InChI is InChI=1S/C24H41/c1-3-5-7-9-11-13-15-19-23-21-17-18-22-24(23)20-16-14-12-10-8-6-4-2/h17,21-22H,3-16,19-20H2,1-2H3. The Kier molecular flexibility index (Phi) is 13.9. The smallest absolute Gasteiger partial charge is 0.0181 e. The summed E-state index contributed by atoms with van der Waals surface area (Å²) in [5.74, 6) is 0. The van der Waals surface area contributed by atoms with Crippen molar-refractivity contribution in [3.8, 4) is 0 Å². The Morgan fingerprint density at radius 2 is 1.04 bits per heavy atom. The summed E-state index contributed by atoms with van der Waals surface area (Å²) in [5.41, 5.74) is 3.16. The Bertz CT molecular complexity index is 342. The molecule has 0 aliphatic rings. The molecule has 0 aliphatic carbocycles. The van der Waals surface area contributed by atoms with Crippen LogP contribution in [0.15, 0.2) is 18.2 Å². The second-order valence-corrected chi connectivity index (χ2v) is 7.44. The molecule has 1 aromatic carbocycles. The SMILES string of the molecule is CCCCCCCCCc1c[c]ccc1CCCCCCCCC. The van der Waals surface area contributed by atoms with E-state index in [0.29, 0.717) is 0 Å². The number of benzene rings is 1. The summed E-state index contributed by atoms with van der Waals surface area (Å²) >= 11 is 0. The predicted molar refractivity (Wildman–Crippen MR) is 109 cm³/mol. The molecule has 0 aromatic heterocycles. The van der Waals surface area contributed by atoms with Gasteiger partial charge < -0.3 is 0 Å². The molecule has 1 rings (SSSR count). The number of hydrogen-bond donors (Lipinski definition) is 0. The second-order valence-electron chi connectivity index (χ2n) is 7.44. The van der Waals surface area contributed by atoms with Crippen LogP contribution in [0, 0.1) is 6.07 Å². The van der Waals surface area contributed by atoms with Gasteiger partial charge in [-0.1, -0.05) is 109 Å². The lowest BCUT2D eigenvalue weighted by Crippen LogP contribution is -1.95. The van der Waals surface area contributed by atoms with Gasteiger partial charge in [-0.05, 0) is 42.9 Å². The maximum absolute atomic E-state index is 3.29. The lowest BCUT2D eigenvalue weighted by Gasteiger charge is -2.09. The molecule has 0 saturated heterocycles. The van der Waals surface area contributed by atoms with E-state index in [-0.39, 0.29) is 0 Å². The Balaban J connectivity index is 2.14. The van der Waals surface area contributed by atoms with E-state index >= 15 is 0 Å². The van der Waals surface area contributed by atoms with Crippen molar-refractivity contribution in [2.45, 2.75) is 117 Å². The normalized spacial score (nSPS) is 11.1. The lowest BCUT2D eigenvalue weighted by molar-refractivity contribution is 0.583. The molecule has 0 aliphatic heterocycles. The highest BCUT2D eigenvalue weighted by Gasteiger charge is 2.02. The monoisotopic (exact) mass is 329 g/mol. The lowest BCUT2D eigenvalue weighted by atomic mass is 9.96. The largest absolute Gasteiger partial charge is 0.0654 e. The first-order valence-corrected chi connectivity index (χ1v) is 10.9. The van der Waals surface area contributed by atoms with Crippen LogP contribution in [0.4, 0.5) is 0 Å². The quantitative estimate of drug-likeness (QED) is 0.269. The molecule has 0 atom stereocenters. The number of rotatable bonds is 16. The third-order valence-corrected chi connectivity index (χ3v) is 5.15. The van der Waals surface area contributed by atoms with Crippen LogP contribution in [0.3, 0.4) is 0 Å². The van der Waals surface area contributed by atoms with Crippen molar-refractivity contribution in [3.05, 3.63) is 35.4 Å². The minimum Gasteiger partial charge on any atom is -0.0654 e. The van der Waals surface area contributed by atoms with Crippen molar-refractivity contribution >= 4 is 0 Å². The molecule has 0 heteroatoms. The molecule has 0 N–H and O–H groups in total. The molecule has 1 radical (unpaired) electrons. The molecular weight excluding hydrogens is 288 g/mol. The fourth-order valence-electron chi connectivity index (χ4n) is 3.52. The van der Waals surface area contributed by atoms with E-state index < -0.39 is 0 Å². The van der Waals surface area contributed by atoms with Gasteiger partial charge in [0, 0.05) is 0 Å². The van der Waals surface area contributed by atoms with Gasteiger partial charge in [-0.25, -0.2) is 0 Å². The number of aryl methyl sites for hydroxylation is 2. The van der Waals surface area contributed by atoms with Crippen LogP contribution in [0.1, 0.15) is 115 Å². The van der Waals surface area contributed by atoms with E-state index in [1.54, 1.807) is 11.1 Å². The molecule has 1 aromatic rings. The van der Waals surface area contributed by atoms with Crippen molar-refractivity contribution in [2.24, 2.45) is 0 Å².